The first-order valence-corrected chi connectivity index (χ1v) is 19.9. The lowest BCUT2D eigenvalue weighted by molar-refractivity contribution is -0.136. The van der Waals surface area contributed by atoms with Gasteiger partial charge in [-0.15, -0.1) is 0 Å². The van der Waals surface area contributed by atoms with E-state index < -0.39 is 46.6 Å². The Hall–Kier alpha value is -6.14. The summed E-state index contributed by atoms with van der Waals surface area (Å²) in [6.07, 6.45) is -2.53. The second-order valence-corrected chi connectivity index (χ2v) is 15.5. The highest BCUT2D eigenvalue weighted by atomic mass is 32.1. The Kier molecular flexibility index (Phi) is 10.9. The fraction of sp³-hybridized carbons (Fsp3) is 0.341. The molecule has 0 radical (unpaired) electrons. The number of ether oxygens (including phenoxy) is 2. The van der Waals surface area contributed by atoms with Crippen LogP contribution in [-0.4, -0.2) is 84.3 Å². The molecule has 1 aromatic heterocycles. The van der Waals surface area contributed by atoms with Crippen LogP contribution >= 0.6 is 11.3 Å². The van der Waals surface area contributed by atoms with Crippen LogP contribution in [0, 0.1) is 5.92 Å². The second kappa shape index (κ2) is 16.2. The van der Waals surface area contributed by atoms with Crippen LogP contribution in [0.15, 0.2) is 60.7 Å². The molecule has 4 aromatic rings. The molecule has 6 amide bonds. The fourth-order valence-electron chi connectivity index (χ4n) is 7.42. The molecular formula is C41H37F3N6O8S. The molecule has 18 heteroatoms. The van der Waals surface area contributed by atoms with Crippen LogP contribution < -0.4 is 25.6 Å². The van der Waals surface area contributed by atoms with Gasteiger partial charge in [0, 0.05) is 42.4 Å². The van der Waals surface area contributed by atoms with Gasteiger partial charge in [0.25, 0.3) is 11.8 Å². The summed E-state index contributed by atoms with van der Waals surface area (Å²) >= 11 is 0.354. The Balaban J connectivity index is 0.805. The minimum atomic E-state index is -4.71. The van der Waals surface area contributed by atoms with Crippen molar-refractivity contribution >= 4 is 63.3 Å². The van der Waals surface area contributed by atoms with Crippen LogP contribution in [0.4, 0.5) is 29.7 Å². The number of halogens is 3. The monoisotopic (exact) mass is 830 g/mol. The average molecular weight is 831 g/mol. The minimum absolute atomic E-state index is 0.0226. The number of hydrogen-bond donors (Lipinski definition) is 3. The molecule has 4 heterocycles. The van der Waals surface area contributed by atoms with Crippen LogP contribution in [0.3, 0.4) is 0 Å². The zero-order valence-electron chi connectivity index (χ0n) is 31.4. The Morgan fingerprint density at radius 3 is 2.53 bits per heavy atom. The van der Waals surface area contributed by atoms with Crippen LogP contribution in [0.1, 0.15) is 62.4 Å². The van der Waals surface area contributed by atoms with Crippen LogP contribution in [0.25, 0.3) is 11.3 Å². The normalized spacial score (nSPS) is 17.5. The largest absolute Gasteiger partial charge is 0.491 e. The number of thiazole rings is 1. The molecule has 3 N–H and O–H groups in total. The van der Waals surface area contributed by atoms with E-state index in [4.69, 9.17) is 9.47 Å². The summed E-state index contributed by atoms with van der Waals surface area (Å²) < 4.78 is 53.9. The highest BCUT2D eigenvalue weighted by molar-refractivity contribution is 7.16. The molecule has 3 aromatic carbocycles. The number of carbonyl (C=O) groups is 6. The van der Waals surface area contributed by atoms with Crippen molar-refractivity contribution in [3.8, 4) is 17.0 Å². The number of nitrogens with one attached hydrogen (secondary N) is 3. The number of hydrogen-bond acceptors (Lipinski definition) is 11. The molecule has 1 saturated carbocycles. The number of rotatable bonds is 14. The molecule has 0 spiro atoms. The van der Waals surface area contributed by atoms with Crippen molar-refractivity contribution in [3.63, 3.8) is 0 Å². The Labute approximate surface area is 339 Å². The highest BCUT2D eigenvalue weighted by Gasteiger charge is 2.46. The van der Waals surface area contributed by atoms with Gasteiger partial charge in [-0.3, -0.25) is 39.0 Å². The molecule has 2 fully saturated rings. The third-order valence-corrected chi connectivity index (χ3v) is 11.4. The fourth-order valence-corrected chi connectivity index (χ4v) is 8.30. The number of benzene rings is 3. The summed E-state index contributed by atoms with van der Waals surface area (Å²) in [5.41, 5.74) is 2.73. The first-order chi connectivity index (χ1) is 28.4. The summed E-state index contributed by atoms with van der Waals surface area (Å²) in [4.78, 5) is 81.8. The maximum Gasteiger partial charge on any atom is 0.427 e. The zero-order chi connectivity index (χ0) is 41.4. The number of carbonyl (C=O) groups excluding carboxylic acids is 6. The maximum atomic E-state index is 14.2. The van der Waals surface area contributed by atoms with E-state index in [0.717, 1.165) is 23.3 Å². The molecular weight excluding hydrogens is 794 g/mol. The van der Waals surface area contributed by atoms with E-state index in [2.05, 4.69) is 20.9 Å². The van der Waals surface area contributed by atoms with Crippen molar-refractivity contribution < 1.29 is 51.4 Å². The van der Waals surface area contributed by atoms with Crippen molar-refractivity contribution in [1.29, 1.82) is 0 Å². The minimum Gasteiger partial charge on any atom is -0.491 e. The first kappa shape index (κ1) is 39.7. The van der Waals surface area contributed by atoms with E-state index in [1.165, 1.54) is 12.1 Å². The predicted molar refractivity (Wildman–Crippen MR) is 208 cm³/mol. The van der Waals surface area contributed by atoms with Gasteiger partial charge in [-0.05, 0) is 73.2 Å². The van der Waals surface area contributed by atoms with Crippen molar-refractivity contribution in [2.45, 2.75) is 50.7 Å². The first-order valence-electron chi connectivity index (χ1n) is 19.1. The molecule has 1 saturated heterocycles. The van der Waals surface area contributed by atoms with Crippen LogP contribution in [-0.2, 0) is 42.9 Å². The number of fused-ring (bicyclic) bond motifs is 2. The van der Waals surface area contributed by atoms with Gasteiger partial charge in [-0.2, -0.15) is 13.2 Å². The summed E-state index contributed by atoms with van der Waals surface area (Å²) in [6, 6.07) is 15.3. The maximum absolute atomic E-state index is 14.2. The summed E-state index contributed by atoms with van der Waals surface area (Å²) in [5, 5.41) is 7.60. The smallest absolute Gasteiger partial charge is 0.427 e. The third-order valence-electron chi connectivity index (χ3n) is 10.4. The molecule has 0 bridgehead atoms. The van der Waals surface area contributed by atoms with Crippen LogP contribution in [0.2, 0.25) is 0 Å². The van der Waals surface area contributed by atoms with Gasteiger partial charge < -0.3 is 25.0 Å². The van der Waals surface area contributed by atoms with Gasteiger partial charge in [0.2, 0.25) is 23.6 Å². The molecule has 1 unspecified atom stereocenters. The van der Waals surface area contributed by atoms with Gasteiger partial charge in [0.1, 0.15) is 23.3 Å². The second-order valence-electron chi connectivity index (χ2n) is 14.5. The van der Waals surface area contributed by atoms with Crippen molar-refractivity contribution in [2.75, 3.05) is 48.4 Å². The molecule has 1 atom stereocenters. The van der Waals surface area contributed by atoms with Gasteiger partial charge in [-0.25, -0.2) is 4.98 Å². The predicted octanol–water partition coefficient (Wildman–Crippen LogP) is 5.22. The Bertz CT molecular complexity index is 2380. The molecule has 1 aliphatic carbocycles. The number of amides is 6. The van der Waals surface area contributed by atoms with Crippen molar-refractivity contribution in [1.82, 2.24) is 15.2 Å². The number of anilines is 3. The lowest BCUT2D eigenvalue weighted by atomic mass is 10.0. The number of alkyl halides is 3. The molecule has 14 nitrogen and oxygen atoms in total. The zero-order valence-corrected chi connectivity index (χ0v) is 32.2. The van der Waals surface area contributed by atoms with Crippen molar-refractivity contribution in [2.24, 2.45) is 5.92 Å². The van der Waals surface area contributed by atoms with E-state index in [1.54, 1.807) is 53.4 Å². The molecule has 8 rings (SSSR count). The highest BCUT2D eigenvalue weighted by Crippen LogP contribution is 2.44. The molecule has 3 aliphatic heterocycles. The number of nitrogens with zero attached hydrogens (tertiary/aromatic N) is 3. The quantitative estimate of drug-likeness (QED) is 0.113. The Morgan fingerprint density at radius 1 is 0.932 bits per heavy atom. The van der Waals surface area contributed by atoms with Gasteiger partial charge >= 0.3 is 6.18 Å². The van der Waals surface area contributed by atoms with E-state index in [1.807, 2.05) is 0 Å². The summed E-state index contributed by atoms with van der Waals surface area (Å²) in [6.45, 7) is 1.33. The van der Waals surface area contributed by atoms with E-state index >= 15 is 0 Å². The summed E-state index contributed by atoms with van der Waals surface area (Å²) in [7, 11) is 0. The molecule has 59 heavy (non-hydrogen) atoms. The average Bonchev–Trinajstić information content (AvgIpc) is 3.74. The van der Waals surface area contributed by atoms with Gasteiger partial charge in [0.05, 0.1) is 36.5 Å². The standard InChI is InChI=1S/C41H37F3N6O8S/c42-41(43,44)35-34(25-9-10-29-24(21-25)13-15-49(29)37(54)23-7-8-23)48-40(59-35)47-32(52)20-22-3-1-4-26(19-22)58-18-17-57-16-14-45-28-6-2-5-27-33(28)39(56)50(38(27)55)30-11-12-31(51)46-36(30)53/h1-6,9-10,19,21,23,30,45H,7-8,11-18,20H2,(H,46,51,53)(H,47,48,52). The molecule has 4 aliphatic rings. The van der Waals surface area contributed by atoms with Gasteiger partial charge in [0.15, 0.2) is 5.13 Å². The molecule has 306 valence electrons. The Morgan fingerprint density at radius 2 is 1.75 bits per heavy atom. The topological polar surface area (TPSA) is 176 Å². The van der Waals surface area contributed by atoms with E-state index in [9.17, 15) is 41.9 Å². The summed E-state index contributed by atoms with van der Waals surface area (Å²) in [5.74, 6) is -2.39. The SMILES string of the molecule is O=C1CCC(N2C(=O)c3cccc(NCCOCCOc4cccc(CC(=O)Nc5nc(-c6ccc7c(c6)CCN7C(=O)C6CC6)c(C(F)(F)F)s5)c4)c3C2=O)C(=O)N1. The number of imide groups is 2. The van der Waals surface area contributed by atoms with Crippen molar-refractivity contribution in [3.05, 3.63) is 87.8 Å². The lowest BCUT2D eigenvalue weighted by Crippen LogP contribution is -2.54. The van der Waals surface area contributed by atoms with E-state index in [0.29, 0.717) is 47.0 Å². The number of piperidine rings is 1. The number of aromatic nitrogens is 1. The third kappa shape index (κ3) is 8.40. The van der Waals surface area contributed by atoms with Gasteiger partial charge in [-0.1, -0.05) is 35.6 Å². The lowest BCUT2D eigenvalue weighted by Gasteiger charge is -2.27. The van der Waals surface area contributed by atoms with Crippen LogP contribution in [0.5, 0.6) is 5.75 Å². The van der Waals surface area contributed by atoms with E-state index in [-0.39, 0.29) is 85.0 Å².